The fourth-order valence-corrected chi connectivity index (χ4v) is 2.68. The largest absolute Gasteiger partial charge is 0.494 e. The minimum atomic E-state index is -0.857. The molecule has 0 unspecified atom stereocenters. The van der Waals surface area contributed by atoms with Crippen LogP contribution in [0.3, 0.4) is 0 Å². The highest BCUT2D eigenvalue weighted by atomic mass is 16.5. The van der Waals surface area contributed by atoms with Crippen molar-refractivity contribution in [1.82, 2.24) is 5.32 Å². The minimum absolute atomic E-state index is 0.116. The van der Waals surface area contributed by atoms with Gasteiger partial charge in [0, 0.05) is 6.42 Å². The maximum atomic E-state index is 12.2. The van der Waals surface area contributed by atoms with Crippen LogP contribution in [0.4, 0.5) is 0 Å². The van der Waals surface area contributed by atoms with E-state index in [0.717, 1.165) is 23.3 Å². The zero-order chi connectivity index (χ0) is 18.8. The van der Waals surface area contributed by atoms with Gasteiger partial charge in [0.05, 0.1) is 12.7 Å². The average Bonchev–Trinajstić information content (AvgIpc) is 2.65. The zero-order valence-corrected chi connectivity index (χ0v) is 15.5. The van der Waals surface area contributed by atoms with Crippen LogP contribution in [0.15, 0.2) is 54.6 Å². The zero-order valence-electron chi connectivity index (χ0n) is 15.5. The van der Waals surface area contributed by atoms with Crippen LogP contribution in [0, 0.1) is 18.3 Å². The molecular weight excluding hydrogens is 324 g/mol. The highest BCUT2D eigenvalue weighted by Crippen LogP contribution is 2.15. The Balaban J connectivity index is 1.73. The highest BCUT2D eigenvalue weighted by molar-refractivity contribution is 5.77. The molecule has 26 heavy (non-hydrogen) atoms. The van der Waals surface area contributed by atoms with E-state index in [1.54, 1.807) is 6.92 Å². The number of nitrogens with one attached hydrogen (secondary N) is 1. The lowest BCUT2D eigenvalue weighted by molar-refractivity contribution is -0.122. The summed E-state index contributed by atoms with van der Waals surface area (Å²) in [5.74, 6) is 0.699. The predicted octanol–water partition coefficient (Wildman–Crippen LogP) is 4.19. The molecule has 0 saturated carbocycles. The Labute approximate surface area is 155 Å². The lowest BCUT2D eigenvalue weighted by Gasteiger charge is -2.23. The lowest BCUT2D eigenvalue weighted by Crippen LogP contribution is -2.45. The third-order valence-corrected chi connectivity index (χ3v) is 4.23. The summed E-state index contributed by atoms with van der Waals surface area (Å²) in [6.07, 6.45) is 2.29. The standard InChI is InChI=1S/C22H26N2O2/c1-18-8-6-11-20(16-18)26-15-7-12-21(25)24-22(2,17-23)14-13-19-9-4-3-5-10-19/h3-6,8-11,16H,7,12-15H2,1-2H3,(H,24,25)/t22-/m0/s1. The van der Waals surface area contributed by atoms with E-state index in [2.05, 4.69) is 11.4 Å². The van der Waals surface area contributed by atoms with Crippen LogP contribution in [0.25, 0.3) is 0 Å². The Bertz CT molecular complexity index is 752. The summed E-state index contributed by atoms with van der Waals surface area (Å²) in [5, 5.41) is 12.3. The topological polar surface area (TPSA) is 62.1 Å². The van der Waals surface area contributed by atoms with Crippen LogP contribution < -0.4 is 10.1 Å². The van der Waals surface area contributed by atoms with Crippen LogP contribution in [0.1, 0.15) is 37.3 Å². The molecule has 1 N–H and O–H groups in total. The van der Waals surface area contributed by atoms with Gasteiger partial charge >= 0.3 is 0 Å². The second-order valence-electron chi connectivity index (χ2n) is 6.75. The van der Waals surface area contributed by atoms with E-state index < -0.39 is 5.54 Å². The van der Waals surface area contributed by atoms with Crippen LogP contribution in [0.2, 0.25) is 0 Å². The van der Waals surface area contributed by atoms with Gasteiger partial charge in [0.1, 0.15) is 11.3 Å². The first-order chi connectivity index (χ1) is 12.5. The molecule has 1 atom stereocenters. The Kier molecular flexibility index (Phi) is 7.23. The monoisotopic (exact) mass is 350 g/mol. The number of hydrogen-bond donors (Lipinski definition) is 1. The number of benzene rings is 2. The number of carbonyl (C=O) groups excluding carboxylic acids is 1. The molecule has 2 rings (SSSR count). The van der Waals surface area contributed by atoms with E-state index in [1.807, 2.05) is 61.5 Å². The molecule has 1 amide bonds. The fourth-order valence-electron chi connectivity index (χ4n) is 2.68. The summed E-state index contributed by atoms with van der Waals surface area (Å²) in [4.78, 5) is 12.2. The molecule has 0 fully saturated rings. The summed E-state index contributed by atoms with van der Waals surface area (Å²) in [6.45, 7) is 4.26. The van der Waals surface area contributed by atoms with E-state index in [0.29, 0.717) is 25.9 Å². The molecule has 0 heterocycles. The number of hydrogen-bond acceptors (Lipinski definition) is 3. The van der Waals surface area contributed by atoms with Crippen molar-refractivity contribution in [3.63, 3.8) is 0 Å². The van der Waals surface area contributed by atoms with E-state index in [-0.39, 0.29) is 5.91 Å². The predicted molar refractivity (Wildman–Crippen MR) is 103 cm³/mol. The van der Waals surface area contributed by atoms with E-state index in [4.69, 9.17) is 4.74 Å². The molecule has 0 saturated heterocycles. The first-order valence-electron chi connectivity index (χ1n) is 8.96. The summed E-state index contributed by atoms with van der Waals surface area (Å²) in [6, 6.07) is 20.1. The lowest BCUT2D eigenvalue weighted by atomic mass is 9.94. The molecule has 2 aromatic rings. The second-order valence-corrected chi connectivity index (χ2v) is 6.75. The number of rotatable bonds is 9. The number of amides is 1. The third-order valence-electron chi connectivity index (χ3n) is 4.23. The van der Waals surface area contributed by atoms with Crippen molar-refractivity contribution < 1.29 is 9.53 Å². The summed E-state index contributed by atoms with van der Waals surface area (Å²) >= 11 is 0. The highest BCUT2D eigenvalue weighted by Gasteiger charge is 2.25. The van der Waals surface area contributed by atoms with Crippen molar-refractivity contribution >= 4 is 5.91 Å². The molecule has 4 nitrogen and oxygen atoms in total. The Morgan fingerprint density at radius 1 is 1.19 bits per heavy atom. The maximum absolute atomic E-state index is 12.2. The van der Waals surface area contributed by atoms with Crippen molar-refractivity contribution in [2.45, 2.75) is 45.1 Å². The minimum Gasteiger partial charge on any atom is -0.494 e. The Hall–Kier alpha value is -2.80. The van der Waals surface area contributed by atoms with Gasteiger partial charge in [0.2, 0.25) is 5.91 Å². The molecule has 0 aliphatic rings. The van der Waals surface area contributed by atoms with Gasteiger partial charge in [-0.2, -0.15) is 5.26 Å². The smallest absolute Gasteiger partial charge is 0.221 e. The molecule has 136 valence electrons. The van der Waals surface area contributed by atoms with Gasteiger partial charge < -0.3 is 10.1 Å². The van der Waals surface area contributed by atoms with Crippen LogP contribution in [0.5, 0.6) is 5.75 Å². The molecule has 0 bridgehead atoms. The van der Waals surface area contributed by atoms with Gasteiger partial charge in [0.25, 0.3) is 0 Å². The van der Waals surface area contributed by atoms with Gasteiger partial charge in [-0.1, -0.05) is 42.5 Å². The van der Waals surface area contributed by atoms with Crippen molar-refractivity contribution in [2.75, 3.05) is 6.61 Å². The molecule has 2 aromatic carbocycles. The molecule has 0 aliphatic carbocycles. The molecular formula is C22H26N2O2. The molecule has 0 aliphatic heterocycles. The van der Waals surface area contributed by atoms with Gasteiger partial charge in [0.15, 0.2) is 0 Å². The van der Waals surface area contributed by atoms with Gasteiger partial charge in [-0.05, 0) is 56.4 Å². The first-order valence-corrected chi connectivity index (χ1v) is 8.96. The van der Waals surface area contributed by atoms with Crippen molar-refractivity contribution in [3.8, 4) is 11.8 Å². The summed E-state index contributed by atoms with van der Waals surface area (Å²) in [5.41, 5.74) is 1.45. The average molecular weight is 350 g/mol. The van der Waals surface area contributed by atoms with Crippen molar-refractivity contribution in [3.05, 3.63) is 65.7 Å². The van der Waals surface area contributed by atoms with Gasteiger partial charge in [-0.3, -0.25) is 4.79 Å². The number of nitrogens with zero attached hydrogens (tertiary/aromatic N) is 1. The number of nitriles is 1. The van der Waals surface area contributed by atoms with E-state index >= 15 is 0 Å². The normalized spacial score (nSPS) is 12.7. The maximum Gasteiger partial charge on any atom is 0.221 e. The van der Waals surface area contributed by atoms with Gasteiger partial charge in [-0.25, -0.2) is 0 Å². The Morgan fingerprint density at radius 3 is 2.65 bits per heavy atom. The van der Waals surface area contributed by atoms with E-state index in [1.165, 1.54) is 0 Å². The molecule has 0 radical (unpaired) electrons. The van der Waals surface area contributed by atoms with Crippen molar-refractivity contribution in [2.24, 2.45) is 0 Å². The number of carbonyl (C=O) groups is 1. The first kappa shape index (κ1) is 19.5. The summed E-state index contributed by atoms with van der Waals surface area (Å²) in [7, 11) is 0. The van der Waals surface area contributed by atoms with Crippen molar-refractivity contribution in [1.29, 1.82) is 5.26 Å². The number of aryl methyl sites for hydroxylation is 2. The van der Waals surface area contributed by atoms with Gasteiger partial charge in [-0.15, -0.1) is 0 Å². The van der Waals surface area contributed by atoms with Crippen LogP contribution in [-0.4, -0.2) is 18.1 Å². The molecule has 4 heteroatoms. The van der Waals surface area contributed by atoms with Crippen LogP contribution in [-0.2, 0) is 11.2 Å². The van der Waals surface area contributed by atoms with Crippen LogP contribution >= 0.6 is 0 Å². The SMILES string of the molecule is Cc1cccc(OCCCC(=O)N[C@](C)(C#N)CCc2ccccc2)c1. The van der Waals surface area contributed by atoms with E-state index in [9.17, 15) is 10.1 Å². The quantitative estimate of drug-likeness (QED) is 0.690. The Morgan fingerprint density at radius 2 is 1.96 bits per heavy atom. The third kappa shape index (κ3) is 6.60. The molecule has 0 spiro atoms. The number of ether oxygens (including phenoxy) is 1. The molecule has 0 aromatic heterocycles. The fraction of sp³-hybridized carbons (Fsp3) is 0.364. The summed E-state index contributed by atoms with van der Waals surface area (Å²) < 4.78 is 5.65. The second kappa shape index (κ2) is 9.62.